The lowest BCUT2D eigenvalue weighted by Gasteiger charge is -2.16. The molecule has 0 bridgehead atoms. The molecule has 0 fully saturated rings. The van der Waals surface area contributed by atoms with Crippen molar-refractivity contribution in [3.63, 3.8) is 0 Å². The molecule has 35 heavy (non-hydrogen) atoms. The van der Waals surface area contributed by atoms with Gasteiger partial charge < -0.3 is 30.8 Å². The third-order valence-electron chi connectivity index (χ3n) is 4.96. The third-order valence-corrected chi connectivity index (χ3v) is 4.96. The topological polar surface area (TPSA) is 141 Å². The van der Waals surface area contributed by atoms with E-state index in [1.807, 2.05) is 13.8 Å². The number of hydrazine groups is 1. The minimum atomic E-state index is -0.514. The third kappa shape index (κ3) is 7.26. The van der Waals surface area contributed by atoms with Crippen LogP contribution in [0.15, 0.2) is 54.6 Å². The van der Waals surface area contributed by atoms with Crippen LogP contribution in [0.5, 0.6) is 5.75 Å². The highest BCUT2D eigenvalue weighted by atomic mass is 19.1. The van der Waals surface area contributed by atoms with Crippen molar-refractivity contribution < 1.29 is 18.7 Å². The Balaban J connectivity index is 1.66. The molecule has 3 rings (SSSR count). The molecule has 0 aliphatic rings. The summed E-state index contributed by atoms with van der Waals surface area (Å²) in [5, 5.41) is 7.33. The van der Waals surface area contributed by atoms with Crippen molar-refractivity contribution in [2.24, 2.45) is 17.5 Å². The average molecular weight is 484 g/mol. The molecule has 1 heterocycles. The molecule has 1 amide bonds. The predicted molar refractivity (Wildman–Crippen MR) is 133 cm³/mol. The Bertz CT molecular complexity index is 1190. The molecule has 0 saturated heterocycles. The summed E-state index contributed by atoms with van der Waals surface area (Å²) >= 11 is 0. The second-order valence-corrected chi connectivity index (χ2v) is 8.07. The number of amides is 1. The average Bonchev–Trinajstić information content (AvgIpc) is 2.80. The van der Waals surface area contributed by atoms with Gasteiger partial charge in [-0.3, -0.25) is 4.79 Å². The fraction of sp³-hybridized carbons (Fsp3) is 0.292. The first kappa shape index (κ1) is 25.7. The number of anilines is 3. The van der Waals surface area contributed by atoms with Gasteiger partial charge in [0.2, 0.25) is 5.91 Å². The molecular formula is C24H30FN7O3. The minimum Gasteiger partial charge on any atom is -0.491 e. The molecule has 0 atom stereocenters. The molecule has 1 aromatic heterocycles. The molecule has 3 aromatic rings. The summed E-state index contributed by atoms with van der Waals surface area (Å²) in [5.41, 5.74) is 8.07. The van der Waals surface area contributed by atoms with Gasteiger partial charge in [0.25, 0.3) is 0 Å². The van der Waals surface area contributed by atoms with Crippen LogP contribution in [-0.2, 0) is 9.53 Å². The Hall–Kier alpha value is -3.96. The van der Waals surface area contributed by atoms with Gasteiger partial charge in [-0.2, -0.15) is 0 Å². The number of aromatic nitrogens is 2. The highest BCUT2D eigenvalue weighted by Gasteiger charge is 2.13. The van der Waals surface area contributed by atoms with Gasteiger partial charge in [-0.05, 0) is 30.2 Å². The number of carbonyl (C=O) groups excluding carboxylic acids is 1. The Morgan fingerprint density at radius 2 is 1.89 bits per heavy atom. The van der Waals surface area contributed by atoms with Gasteiger partial charge in [-0.15, -0.1) is 0 Å². The minimum absolute atomic E-state index is 0.0587. The van der Waals surface area contributed by atoms with Crippen molar-refractivity contribution in [3.05, 3.63) is 60.4 Å². The molecule has 11 heteroatoms. The maximum Gasteiger partial charge on any atom is 0.245 e. The molecule has 10 nitrogen and oxygen atoms in total. The largest absolute Gasteiger partial charge is 0.491 e. The molecule has 0 spiro atoms. The first-order valence-corrected chi connectivity index (χ1v) is 11.0. The van der Waals surface area contributed by atoms with E-state index in [1.54, 1.807) is 37.4 Å². The number of fused-ring (bicyclic) bond motifs is 1. The SMILES string of the molecule is COCCOc1cc(F)c2c(Nc3ccc(NC(=O)CN(N)/C=C(\N)C(C)C)cc3)ncnc2c1. The maximum atomic E-state index is 14.8. The van der Waals surface area contributed by atoms with Gasteiger partial charge in [-0.25, -0.2) is 20.2 Å². The summed E-state index contributed by atoms with van der Waals surface area (Å²) in [4.78, 5) is 20.6. The fourth-order valence-electron chi connectivity index (χ4n) is 3.06. The van der Waals surface area contributed by atoms with Gasteiger partial charge >= 0.3 is 0 Å². The van der Waals surface area contributed by atoms with Crippen LogP contribution >= 0.6 is 0 Å². The zero-order valence-electron chi connectivity index (χ0n) is 19.9. The fourth-order valence-corrected chi connectivity index (χ4v) is 3.06. The standard InChI is InChI=1S/C24H30FN7O3/c1-15(2)20(26)12-32(27)13-22(33)30-16-4-6-17(7-5-16)31-24-23-19(25)10-18(35-9-8-34-3)11-21(23)28-14-29-24/h4-7,10-12,14-15H,8-9,13,26-27H2,1-3H3,(H,30,33)(H,28,29,31)/b20-12-. The number of hydrogen-bond donors (Lipinski definition) is 4. The quantitative estimate of drug-likeness (QED) is 0.184. The number of benzene rings is 2. The summed E-state index contributed by atoms with van der Waals surface area (Å²) in [5.74, 6) is 5.80. The van der Waals surface area contributed by atoms with E-state index in [1.165, 1.54) is 23.6 Å². The van der Waals surface area contributed by atoms with Gasteiger partial charge in [0.05, 0.1) is 17.5 Å². The molecule has 0 saturated carbocycles. The second kappa shape index (κ2) is 12.0. The normalized spacial score (nSPS) is 11.5. The second-order valence-electron chi connectivity index (χ2n) is 8.07. The number of rotatable bonds is 11. The Morgan fingerprint density at radius 3 is 2.57 bits per heavy atom. The zero-order valence-corrected chi connectivity index (χ0v) is 19.9. The van der Waals surface area contributed by atoms with Crippen LogP contribution in [-0.4, -0.2) is 47.8 Å². The van der Waals surface area contributed by atoms with Gasteiger partial charge in [-0.1, -0.05) is 13.8 Å². The van der Waals surface area contributed by atoms with Crippen molar-refractivity contribution in [3.8, 4) is 5.75 Å². The van der Waals surface area contributed by atoms with Crippen LogP contribution in [0.1, 0.15) is 13.8 Å². The van der Waals surface area contributed by atoms with Gasteiger partial charge in [0.1, 0.15) is 36.9 Å². The van der Waals surface area contributed by atoms with E-state index in [-0.39, 0.29) is 23.8 Å². The predicted octanol–water partition coefficient (Wildman–Crippen LogP) is 3.11. The number of halogens is 1. The van der Waals surface area contributed by atoms with E-state index < -0.39 is 5.82 Å². The number of methoxy groups -OCH3 is 1. The van der Waals surface area contributed by atoms with E-state index >= 15 is 0 Å². The van der Waals surface area contributed by atoms with E-state index in [0.29, 0.717) is 47.4 Å². The Labute approximate surface area is 203 Å². The van der Waals surface area contributed by atoms with Gasteiger partial charge in [0, 0.05) is 42.5 Å². The van der Waals surface area contributed by atoms with Crippen LogP contribution in [0.25, 0.3) is 10.9 Å². The van der Waals surface area contributed by atoms with E-state index in [4.69, 9.17) is 21.1 Å². The number of carbonyl (C=O) groups is 1. The summed E-state index contributed by atoms with van der Waals surface area (Å²) in [6, 6.07) is 9.82. The maximum absolute atomic E-state index is 14.8. The van der Waals surface area contributed by atoms with E-state index in [9.17, 15) is 9.18 Å². The molecule has 0 unspecified atom stereocenters. The number of hydrogen-bond acceptors (Lipinski definition) is 9. The van der Waals surface area contributed by atoms with E-state index in [0.717, 1.165) is 0 Å². The van der Waals surface area contributed by atoms with Crippen LogP contribution in [0.4, 0.5) is 21.6 Å². The number of nitrogens with one attached hydrogen (secondary N) is 2. The van der Waals surface area contributed by atoms with Crippen molar-refractivity contribution in [2.75, 3.05) is 37.5 Å². The van der Waals surface area contributed by atoms with Crippen LogP contribution < -0.4 is 26.9 Å². The number of nitrogens with zero attached hydrogens (tertiary/aromatic N) is 3. The van der Waals surface area contributed by atoms with Crippen LogP contribution in [0.2, 0.25) is 0 Å². The van der Waals surface area contributed by atoms with Crippen LogP contribution in [0, 0.1) is 11.7 Å². The van der Waals surface area contributed by atoms with E-state index in [2.05, 4.69) is 20.6 Å². The Kier molecular flexibility index (Phi) is 8.76. The lowest BCUT2D eigenvalue weighted by Crippen LogP contribution is -2.35. The summed E-state index contributed by atoms with van der Waals surface area (Å²) < 4.78 is 25.3. The molecule has 0 radical (unpaired) electrons. The van der Waals surface area contributed by atoms with Crippen molar-refractivity contribution in [1.29, 1.82) is 0 Å². The summed E-state index contributed by atoms with van der Waals surface area (Å²) in [7, 11) is 1.56. The molecular weight excluding hydrogens is 453 g/mol. The van der Waals surface area contributed by atoms with Crippen molar-refractivity contribution in [2.45, 2.75) is 13.8 Å². The molecule has 186 valence electrons. The molecule has 6 N–H and O–H groups in total. The van der Waals surface area contributed by atoms with Crippen molar-refractivity contribution in [1.82, 2.24) is 15.0 Å². The van der Waals surface area contributed by atoms with Crippen LogP contribution in [0.3, 0.4) is 0 Å². The lowest BCUT2D eigenvalue weighted by molar-refractivity contribution is -0.116. The number of ether oxygens (including phenoxy) is 2. The first-order chi connectivity index (χ1) is 16.8. The molecule has 0 aliphatic carbocycles. The number of allylic oxidation sites excluding steroid dienone is 1. The first-order valence-electron chi connectivity index (χ1n) is 11.0. The number of nitrogens with two attached hydrogens (primary N) is 2. The summed E-state index contributed by atoms with van der Waals surface area (Å²) in [6.07, 6.45) is 2.88. The van der Waals surface area contributed by atoms with Crippen molar-refractivity contribution >= 4 is 34.0 Å². The smallest absolute Gasteiger partial charge is 0.245 e. The van der Waals surface area contributed by atoms with Gasteiger partial charge in [0.15, 0.2) is 0 Å². The summed E-state index contributed by atoms with van der Waals surface area (Å²) in [6.45, 7) is 4.50. The molecule has 2 aromatic carbocycles. The highest BCUT2D eigenvalue weighted by molar-refractivity contribution is 5.93. The highest BCUT2D eigenvalue weighted by Crippen LogP contribution is 2.29. The lowest BCUT2D eigenvalue weighted by atomic mass is 10.1. The molecule has 0 aliphatic heterocycles. The Morgan fingerprint density at radius 1 is 1.17 bits per heavy atom. The monoisotopic (exact) mass is 483 g/mol. The zero-order chi connectivity index (χ0) is 25.4.